The van der Waals surface area contributed by atoms with E-state index in [0.717, 1.165) is 0 Å². The molecule has 0 bridgehead atoms. The maximum absolute atomic E-state index is 13.3. The number of piperazine rings is 1. The number of carbonyl (C=O) groups excluding carboxylic acids is 5. The van der Waals surface area contributed by atoms with Gasteiger partial charge in [-0.3, -0.25) is 24.0 Å². The van der Waals surface area contributed by atoms with Crippen LogP contribution in [0.5, 0.6) is 0 Å². The zero-order chi connectivity index (χ0) is 26.5. The molecule has 0 saturated carbocycles. The fraction of sp³-hybridized carbons (Fsp3) is 0.222. The molecule has 1 aliphatic rings. The van der Waals surface area contributed by atoms with Gasteiger partial charge in [-0.2, -0.15) is 0 Å². The van der Waals surface area contributed by atoms with E-state index >= 15 is 0 Å². The molecule has 1 fully saturated rings. The largest absolute Gasteiger partial charge is 0.456 e. The van der Waals surface area contributed by atoms with Gasteiger partial charge < -0.3 is 24.8 Å². The third kappa shape index (κ3) is 5.43. The highest BCUT2D eigenvalue weighted by molar-refractivity contribution is 6.45. The lowest BCUT2D eigenvalue weighted by molar-refractivity contribution is -0.144. The number of H-pyrrole nitrogens is 1. The third-order valence-corrected chi connectivity index (χ3v) is 6.09. The third-order valence-electron chi connectivity index (χ3n) is 6.09. The maximum Gasteiger partial charge on any atom is 0.303 e. The summed E-state index contributed by atoms with van der Waals surface area (Å²) in [5, 5.41) is 3.08. The van der Waals surface area contributed by atoms with E-state index < -0.39 is 36.2 Å². The van der Waals surface area contributed by atoms with Crippen LogP contribution in [0.3, 0.4) is 0 Å². The van der Waals surface area contributed by atoms with Crippen LogP contribution in [0.25, 0.3) is 10.9 Å². The molecule has 1 atom stereocenters. The molecular formula is C27H26N4O6. The number of esters is 1. The number of rotatable bonds is 7. The normalized spacial score (nSPS) is 15.2. The highest BCUT2D eigenvalue weighted by atomic mass is 16.5. The van der Waals surface area contributed by atoms with E-state index in [9.17, 15) is 24.0 Å². The van der Waals surface area contributed by atoms with Crippen LogP contribution in [0, 0.1) is 0 Å². The van der Waals surface area contributed by atoms with E-state index in [4.69, 9.17) is 4.74 Å². The topological polar surface area (TPSA) is 129 Å². The SMILES string of the molecule is C=CC1CN(C(=O)c2ccccc2)CCN1C(=O)C(=O)c1c[nH]c2c(NC(=O)COC(C)=O)cccc12. The molecule has 2 heterocycles. The molecule has 10 heteroatoms. The molecule has 1 aromatic heterocycles. The van der Waals surface area contributed by atoms with Crippen LogP contribution in [-0.2, 0) is 19.1 Å². The van der Waals surface area contributed by atoms with Crippen molar-refractivity contribution < 1.29 is 28.7 Å². The average molecular weight is 503 g/mol. The fourth-order valence-corrected chi connectivity index (χ4v) is 4.26. The summed E-state index contributed by atoms with van der Waals surface area (Å²) in [6.07, 6.45) is 2.98. The van der Waals surface area contributed by atoms with E-state index in [0.29, 0.717) is 22.2 Å². The Morgan fingerprint density at radius 1 is 1.08 bits per heavy atom. The summed E-state index contributed by atoms with van der Waals surface area (Å²) in [6.45, 7) is 5.24. The molecule has 37 heavy (non-hydrogen) atoms. The summed E-state index contributed by atoms with van der Waals surface area (Å²) in [4.78, 5) is 68.4. The zero-order valence-electron chi connectivity index (χ0n) is 20.2. The zero-order valence-corrected chi connectivity index (χ0v) is 20.2. The molecule has 0 spiro atoms. The van der Waals surface area contributed by atoms with Gasteiger partial charge in [-0.1, -0.05) is 36.4 Å². The molecule has 2 N–H and O–H groups in total. The number of aromatic nitrogens is 1. The van der Waals surface area contributed by atoms with Crippen molar-refractivity contribution >= 4 is 46.1 Å². The number of anilines is 1. The number of nitrogens with one attached hydrogen (secondary N) is 2. The van der Waals surface area contributed by atoms with Crippen molar-refractivity contribution in [1.82, 2.24) is 14.8 Å². The molecule has 1 aliphatic heterocycles. The minimum Gasteiger partial charge on any atom is -0.456 e. The number of para-hydroxylation sites is 1. The minimum atomic E-state index is -0.718. The number of carbonyl (C=O) groups is 5. The Morgan fingerprint density at radius 2 is 1.84 bits per heavy atom. The maximum atomic E-state index is 13.3. The van der Waals surface area contributed by atoms with E-state index in [1.54, 1.807) is 53.4 Å². The number of nitrogens with zero attached hydrogens (tertiary/aromatic N) is 2. The first-order chi connectivity index (χ1) is 17.8. The lowest BCUT2D eigenvalue weighted by atomic mass is 10.0. The van der Waals surface area contributed by atoms with Gasteiger partial charge in [0.25, 0.3) is 23.5 Å². The van der Waals surface area contributed by atoms with Gasteiger partial charge in [0, 0.05) is 43.7 Å². The highest BCUT2D eigenvalue weighted by Crippen LogP contribution is 2.27. The molecule has 4 rings (SSSR count). The first-order valence-electron chi connectivity index (χ1n) is 11.7. The number of aromatic amines is 1. The number of hydrogen-bond acceptors (Lipinski definition) is 6. The van der Waals surface area contributed by atoms with Crippen molar-refractivity contribution in [2.24, 2.45) is 0 Å². The average Bonchev–Trinajstić information content (AvgIpc) is 3.36. The Bertz CT molecular complexity index is 1380. The molecule has 10 nitrogen and oxygen atoms in total. The molecule has 1 saturated heterocycles. The van der Waals surface area contributed by atoms with Gasteiger partial charge in [0.2, 0.25) is 0 Å². The summed E-state index contributed by atoms with van der Waals surface area (Å²) in [6, 6.07) is 13.3. The Balaban J connectivity index is 1.49. The van der Waals surface area contributed by atoms with Gasteiger partial charge in [0.1, 0.15) is 0 Å². The molecule has 2 aromatic carbocycles. The first kappa shape index (κ1) is 25.4. The summed E-state index contributed by atoms with van der Waals surface area (Å²) in [5.74, 6) is -2.70. The number of ether oxygens (including phenoxy) is 1. The van der Waals surface area contributed by atoms with Gasteiger partial charge in [0.05, 0.1) is 22.8 Å². The second-order valence-electron chi connectivity index (χ2n) is 8.51. The second kappa shape index (κ2) is 10.9. The quantitative estimate of drug-likeness (QED) is 0.221. The Morgan fingerprint density at radius 3 is 2.54 bits per heavy atom. The van der Waals surface area contributed by atoms with E-state index in [1.807, 2.05) is 6.07 Å². The number of fused-ring (bicyclic) bond motifs is 1. The Labute approximate surface area is 212 Å². The molecule has 0 radical (unpaired) electrons. The van der Waals surface area contributed by atoms with Crippen molar-refractivity contribution in [1.29, 1.82) is 0 Å². The van der Waals surface area contributed by atoms with Crippen LogP contribution in [0.15, 0.2) is 67.4 Å². The lowest BCUT2D eigenvalue weighted by Gasteiger charge is -2.39. The lowest BCUT2D eigenvalue weighted by Crippen LogP contribution is -2.57. The van der Waals surface area contributed by atoms with Gasteiger partial charge in [-0.15, -0.1) is 6.58 Å². The van der Waals surface area contributed by atoms with Crippen LogP contribution >= 0.6 is 0 Å². The second-order valence-corrected chi connectivity index (χ2v) is 8.51. The van der Waals surface area contributed by atoms with Crippen LogP contribution in [0.4, 0.5) is 5.69 Å². The van der Waals surface area contributed by atoms with Crippen LogP contribution < -0.4 is 5.32 Å². The predicted octanol–water partition coefficient (Wildman–Crippen LogP) is 2.39. The van der Waals surface area contributed by atoms with E-state index in [-0.39, 0.29) is 31.1 Å². The molecule has 3 amide bonds. The summed E-state index contributed by atoms with van der Waals surface area (Å²) >= 11 is 0. The number of amides is 3. The molecule has 1 unspecified atom stereocenters. The van der Waals surface area contributed by atoms with Crippen LogP contribution in [0.1, 0.15) is 27.6 Å². The van der Waals surface area contributed by atoms with Crippen molar-refractivity contribution in [2.45, 2.75) is 13.0 Å². The summed E-state index contributed by atoms with van der Waals surface area (Å²) in [7, 11) is 0. The smallest absolute Gasteiger partial charge is 0.303 e. The molecular weight excluding hydrogens is 476 g/mol. The standard InChI is InChI=1S/C27H26N4O6/c1-3-19-15-30(26(35)18-8-5-4-6-9-18)12-13-31(19)27(36)25(34)21-14-28-24-20(21)10-7-11-22(24)29-23(33)16-37-17(2)32/h3-11,14,19,28H,1,12-13,15-16H2,2H3,(H,29,33). The van der Waals surface area contributed by atoms with Crippen molar-refractivity contribution in [3.05, 3.63) is 78.5 Å². The molecule has 190 valence electrons. The molecule has 3 aromatic rings. The minimum absolute atomic E-state index is 0.147. The fourth-order valence-electron chi connectivity index (χ4n) is 4.26. The first-order valence-corrected chi connectivity index (χ1v) is 11.7. The predicted molar refractivity (Wildman–Crippen MR) is 136 cm³/mol. The van der Waals surface area contributed by atoms with Crippen LogP contribution in [-0.4, -0.2) is 76.5 Å². The van der Waals surface area contributed by atoms with Gasteiger partial charge in [-0.05, 0) is 18.2 Å². The van der Waals surface area contributed by atoms with Crippen LogP contribution in [0.2, 0.25) is 0 Å². The Kier molecular flexibility index (Phi) is 7.47. The van der Waals surface area contributed by atoms with E-state index in [1.165, 1.54) is 18.0 Å². The van der Waals surface area contributed by atoms with E-state index in [2.05, 4.69) is 16.9 Å². The highest BCUT2D eigenvalue weighted by Gasteiger charge is 2.35. The van der Waals surface area contributed by atoms with Gasteiger partial charge in [-0.25, -0.2) is 0 Å². The molecule has 0 aliphatic carbocycles. The van der Waals surface area contributed by atoms with Gasteiger partial charge >= 0.3 is 5.97 Å². The summed E-state index contributed by atoms with van der Waals surface area (Å²) < 4.78 is 4.70. The monoisotopic (exact) mass is 502 g/mol. The Hall–Kier alpha value is -4.73. The van der Waals surface area contributed by atoms with Gasteiger partial charge in [0.15, 0.2) is 6.61 Å². The van der Waals surface area contributed by atoms with Crippen molar-refractivity contribution in [3.63, 3.8) is 0 Å². The van der Waals surface area contributed by atoms with Crippen molar-refractivity contribution in [3.8, 4) is 0 Å². The summed E-state index contributed by atoms with van der Waals surface area (Å²) in [5.41, 5.74) is 1.53. The number of hydrogen-bond donors (Lipinski definition) is 2. The number of ketones is 1. The van der Waals surface area contributed by atoms with Crippen molar-refractivity contribution in [2.75, 3.05) is 31.6 Å². The number of benzene rings is 2. The number of Topliss-reactive ketones (excluding diaryl/α,β-unsaturated/α-hetero) is 1.